The van der Waals surface area contributed by atoms with E-state index in [9.17, 15) is 4.79 Å². The van der Waals surface area contributed by atoms with Crippen LogP contribution in [-0.2, 0) is 4.74 Å². The predicted molar refractivity (Wildman–Crippen MR) is 105 cm³/mol. The molecule has 5 heteroatoms. The van der Waals surface area contributed by atoms with E-state index in [1.165, 1.54) is 0 Å². The topological polar surface area (TPSA) is 48.0 Å². The van der Waals surface area contributed by atoms with Gasteiger partial charge in [0.2, 0.25) is 0 Å². The molecule has 1 amide bonds. The fourth-order valence-corrected chi connectivity index (χ4v) is 3.02. The Balaban J connectivity index is 1.50. The molecule has 1 saturated heterocycles. The number of hydrogen-bond donors (Lipinski definition) is 0. The maximum Gasteiger partial charge on any atom is 0.253 e. The highest BCUT2D eigenvalue weighted by atomic mass is 16.5. The minimum Gasteiger partial charge on any atom is -0.491 e. The van der Waals surface area contributed by atoms with Gasteiger partial charge in [0.25, 0.3) is 5.91 Å². The molecule has 0 aliphatic carbocycles. The van der Waals surface area contributed by atoms with Gasteiger partial charge in [-0.25, -0.2) is 0 Å². The molecule has 5 nitrogen and oxygen atoms in total. The minimum atomic E-state index is -0.0500. The second kappa shape index (κ2) is 9.42. The molecule has 1 heterocycles. The largest absolute Gasteiger partial charge is 0.491 e. The van der Waals surface area contributed by atoms with Gasteiger partial charge in [-0.2, -0.15) is 0 Å². The van der Waals surface area contributed by atoms with Gasteiger partial charge in [-0.15, -0.1) is 0 Å². The average molecular weight is 369 g/mol. The summed E-state index contributed by atoms with van der Waals surface area (Å²) in [6, 6.07) is 15.2. The fourth-order valence-electron chi connectivity index (χ4n) is 3.02. The molecule has 0 spiro atoms. The molecule has 1 fully saturated rings. The molecule has 0 bridgehead atoms. The molecule has 144 valence electrons. The number of likely N-dealkylation sites (N-methyl/N-ethyl adjacent to an activating group) is 1. The van der Waals surface area contributed by atoms with Gasteiger partial charge in [-0.3, -0.25) is 4.79 Å². The zero-order valence-electron chi connectivity index (χ0n) is 16.0. The number of carbonyl (C=O) groups excluding carboxylic acids is 1. The number of benzene rings is 2. The second-order valence-electron chi connectivity index (χ2n) is 6.81. The number of hydrogen-bond acceptors (Lipinski definition) is 4. The monoisotopic (exact) mass is 369 g/mol. The van der Waals surface area contributed by atoms with Crippen LogP contribution in [0.2, 0.25) is 0 Å². The summed E-state index contributed by atoms with van der Waals surface area (Å²) in [5.41, 5.74) is 1.70. The first-order valence-corrected chi connectivity index (χ1v) is 9.42. The van der Waals surface area contributed by atoms with Crippen molar-refractivity contribution in [3.63, 3.8) is 0 Å². The first-order valence-electron chi connectivity index (χ1n) is 9.42. The third-order valence-electron chi connectivity index (χ3n) is 4.67. The van der Waals surface area contributed by atoms with Crippen LogP contribution in [0.15, 0.2) is 48.5 Å². The molecule has 3 rings (SSSR count). The molecular formula is C22H27NO4. The summed E-state index contributed by atoms with van der Waals surface area (Å²) in [6.07, 6.45) is 2.27. The summed E-state index contributed by atoms with van der Waals surface area (Å²) >= 11 is 0. The number of rotatable bonds is 8. The second-order valence-corrected chi connectivity index (χ2v) is 6.81. The lowest BCUT2D eigenvalue weighted by atomic mass is 10.2. The van der Waals surface area contributed by atoms with Crippen molar-refractivity contribution < 1.29 is 19.0 Å². The Kier molecular flexibility index (Phi) is 6.71. The minimum absolute atomic E-state index is 0.0500. The maximum atomic E-state index is 12.7. The lowest BCUT2D eigenvalue weighted by molar-refractivity contribution is 0.0678. The highest BCUT2D eigenvalue weighted by Gasteiger charge is 2.17. The van der Waals surface area contributed by atoms with E-state index in [0.717, 1.165) is 30.8 Å². The highest BCUT2D eigenvalue weighted by molar-refractivity contribution is 5.94. The normalized spacial score (nSPS) is 16.1. The molecule has 1 aliphatic rings. The Morgan fingerprint density at radius 1 is 1.19 bits per heavy atom. The third kappa shape index (κ3) is 5.47. The number of ether oxygens (including phenoxy) is 3. The quantitative estimate of drug-likeness (QED) is 0.712. The van der Waals surface area contributed by atoms with Crippen LogP contribution in [0, 0.1) is 6.92 Å². The third-order valence-corrected chi connectivity index (χ3v) is 4.67. The van der Waals surface area contributed by atoms with Crippen molar-refractivity contribution in [3.8, 4) is 11.5 Å². The van der Waals surface area contributed by atoms with E-state index in [1.807, 2.05) is 43.3 Å². The van der Waals surface area contributed by atoms with E-state index in [0.29, 0.717) is 31.1 Å². The maximum absolute atomic E-state index is 12.7. The van der Waals surface area contributed by atoms with Gasteiger partial charge in [0, 0.05) is 19.2 Å². The predicted octanol–water partition coefficient (Wildman–Crippen LogP) is 3.70. The van der Waals surface area contributed by atoms with Crippen LogP contribution in [0.4, 0.5) is 0 Å². The Labute approximate surface area is 160 Å². The summed E-state index contributed by atoms with van der Waals surface area (Å²) < 4.78 is 17.1. The molecule has 27 heavy (non-hydrogen) atoms. The van der Waals surface area contributed by atoms with Crippen molar-refractivity contribution in [3.05, 3.63) is 59.7 Å². The Morgan fingerprint density at radius 2 is 2.04 bits per heavy atom. The summed E-state index contributed by atoms with van der Waals surface area (Å²) in [4.78, 5) is 14.3. The average Bonchev–Trinajstić information content (AvgIpc) is 3.21. The number of aryl methyl sites for hydroxylation is 1. The van der Waals surface area contributed by atoms with Gasteiger partial charge in [-0.1, -0.05) is 24.3 Å². The molecule has 1 unspecified atom stereocenters. The van der Waals surface area contributed by atoms with Crippen molar-refractivity contribution in [1.29, 1.82) is 0 Å². The first-order chi connectivity index (χ1) is 13.1. The summed E-state index contributed by atoms with van der Waals surface area (Å²) in [7, 11) is 1.78. The van der Waals surface area contributed by atoms with Gasteiger partial charge in [0.15, 0.2) is 0 Å². The van der Waals surface area contributed by atoms with Crippen LogP contribution in [0.3, 0.4) is 0 Å². The van der Waals surface area contributed by atoms with Gasteiger partial charge in [0.1, 0.15) is 24.7 Å². The van der Waals surface area contributed by atoms with E-state index in [1.54, 1.807) is 24.1 Å². The van der Waals surface area contributed by atoms with Gasteiger partial charge in [0.05, 0.1) is 12.6 Å². The van der Waals surface area contributed by atoms with Crippen LogP contribution in [0.1, 0.15) is 28.8 Å². The molecule has 1 aliphatic heterocycles. The molecule has 0 radical (unpaired) electrons. The standard InChI is InChI=1S/C22H27NO4/c1-17-7-3-4-11-21(17)26-14-12-23(2)22(24)18-8-5-9-19(15-18)27-16-20-10-6-13-25-20/h3-5,7-9,11,15,20H,6,10,12-14,16H2,1-2H3. The van der Waals surface area contributed by atoms with Crippen molar-refractivity contribution >= 4 is 5.91 Å². The molecule has 2 aromatic carbocycles. The van der Waals surface area contributed by atoms with Crippen molar-refractivity contribution in [1.82, 2.24) is 4.90 Å². The molecule has 1 atom stereocenters. The molecule has 2 aromatic rings. The summed E-state index contributed by atoms with van der Waals surface area (Å²) in [6.45, 7) is 4.29. The summed E-state index contributed by atoms with van der Waals surface area (Å²) in [5.74, 6) is 1.50. The smallest absolute Gasteiger partial charge is 0.253 e. The Morgan fingerprint density at radius 3 is 2.81 bits per heavy atom. The molecular weight excluding hydrogens is 342 g/mol. The Hall–Kier alpha value is -2.53. The first kappa shape index (κ1) is 19.2. The van der Waals surface area contributed by atoms with E-state index in [4.69, 9.17) is 14.2 Å². The Bertz CT molecular complexity index is 755. The lowest BCUT2D eigenvalue weighted by Gasteiger charge is -2.19. The lowest BCUT2D eigenvalue weighted by Crippen LogP contribution is -2.31. The van der Waals surface area contributed by atoms with E-state index < -0.39 is 0 Å². The van der Waals surface area contributed by atoms with Crippen LogP contribution in [-0.4, -0.2) is 50.3 Å². The zero-order chi connectivity index (χ0) is 19.1. The van der Waals surface area contributed by atoms with Crippen LogP contribution in [0.25, 0.3) is 0 Å². The fraction of sp³-hybridized carbons (Fsp3) is 0.409. The molecule has 0 N–H and O–H groups in total. The number of nitrogens with zero attached hydrogens (tertiary/aromatic N) is 1. The molecule has 0 aromatic heterocycles. The number of carbonyl (C=O) groups is 1. The van der Waals surface area contributed by atoms with E-state index >= 15 is 0 Å². The van der Waals surface area contributed by atoms with Crippen LogP contribution in [0.5, 0.6) is 11.5 Å². The SMILES string of the molecule is Cc1ccccc1OCCN(C)C(=O)c1cccc(OCC2CCCO2)c1. The van der Waals surface area contributed by atoms with E-state index in [-0.39, 0.29) is 12.0 Å². The van der Waals surface area contributed by atoms with Crippen molar-refractivity contribution in [2.75, 3.05) is 33.4 Å². The van der Waals surface area contributed by atoms with E-state index in [2.05, 4.69) is 0 Å². The van der Waals surface area contributed by atoms with Gasteiger partial charge >= 0.3 is 0 Å². The summed E-state index contributed by atoms with van der Waals surface area (Å²) in [5, 5.41) is 0. The van der Waals surface area contributed by atoms with Crippen LogP contribution >= 0.6 is 0 Å². The van der Waals surface area contributed by atoms with Gasteiger partial charge in [-0.05, 0) is 49.6 Å². The van der Waals surface area contributed by atoms with Crippen LogP contribution < -0.4 is 9.47 Å². The number of para-hydroxylation sites is 1. The zero-order valence-corrected chi connectivity index (χ0v) is 16.0. The molecule has 0 saturated carbocycles. The number of amides is 1. The van der Waals surface area contributed by atoms with Gasteiger partial charge < -0.3 is 19.1 Å². The van der Waals surface area contributed by atoms with Crippen molar-refractivity contribution in [2.24, 2.45) is 0 Å². The highest BCUT2D eigenvalue weighted by Crippen LogP contribution is 2.19. The van der Waals surface area contributed by atoms with Crippen molar-refractivity contribution in [2.45, 2.75) is 25.9 Å².